The largest absolute Gasteiger partial charge is 0.323 e. The van der Waals surface area contributed by atoms with Gasteiger partial charge in [-0.15, -0.1) is 0 Å². The predicted molar refractivity (Wildman–Crippen MR) is 64.4 cm³/mol. The maximum Gasteiger partial charge on any atom is 0.320 e. The second-order valence-electron chi connectivity index (χ2n) is 5.05. The van der Waals surface area contributed by atoms with Crippen LogP contribution >= 0.6 is 0 Å². The van der Waals surface area contributed by atoms with Gasteiger partial charge in [-0.2, -0.15) is 0 Å². The van der Waals surface area contributed by atoms with Crippen LogP contribution in [0, 0.1) is 5.92 Å². The van der Waals surface area contributed by atoms with Gasteiger partial charge in [0.05, 0.1) is 6.04 Å². The second-order valence-corrected chi connectivity index (χ2v) is 5.05. The van der Waals surface area contributed by atoms with Crippen molar-refractivity contribution in [3.05, 3.63) is 0 Å². The van der Waals surface area contributed by atoms with Crippen molar-refractivity contribution >= 4 is 6.03 Å². The molecule has 0 radical (unpaired) electrons. The first-order valence-electron chi connectivity index (χ1n) is 6.40. The lowest BCUT2D eigenvalue weighted by molar-refractivity contribution is 0.164. The van der Waals surface area contributed by atoms with Gasteiger partial charge in [0.2, 0.25) is 0 Å². The molecular formula is C12H23N3O. The highest BCUT2D eigenvalue weighted by Gasteiger charge is 2.40. The lowest BCUT2D eigenvalue weighted by Crippen LogP contribution is -2.39. The number of likely N-dealkylation sites (N-methyl/N-ethyl adjacent to an activating group) is 1. The lowest BCUT2D eigenvalue weighted by atomic mass is 9.79. The van der Waals surface area contributed by atoms with Gasteiger partial charge in [-0.3, -0.25) is 0 Å². The number of hydrogen-bond acceptors (Lipinski definition) is 2. The van der Waals surface area contributed by atoms with Crippen LogP contribution in [0.1, 0.15) is 25.7 Å². The molecule has 1 saturated carbocycles. The molecule has 0 aromatic carbocycles. The standard InChI is InChI=1S/C12H23N3O/c1-13-7-4-8-15-9-11(10-5-3-6-10)14(2)12(15)16/h10-11,13H,3-9H2,1-2H3. The molecule has 1 atom stereocenters. The first kappa shape index (κ1) is 11.7. The average molecular weight is 225 g/mol. The maximum absolute atomic E-state index is 12.0. The molecular weight excluding hydrogens is 202 g/mol. The Morgan fingerprint density at radius 2 is 2.19 bits per heavy atom. The number of nitrogens with zero attached hydrogens (tertiary/aromatic N) is 2. The van der Waals surface area contributed by atoms with Gasteiger partial charge in [-0.1, -0.05) is 6.42 Å². The minimum Gasteiger partial charge on any atom is -0.323 e. The molecule has 2 amide bonds. The smallest absolute Gasteiger partial charge is 0.320 e. The highest BCUT2D eigenvalue weighted by atomic mass is 16.2. The summed E-state index contributed by atoms with van der Waals surface area (Å²) in [4.78, 5) is 16.0. The molecule has 1 saturated heterocycles. The quantitative estimate of drug-likeness (QED) is 0.712. The molecule has 16 heavy (non-hydrogen) atoms. The third-order valence-corrected chi connectivity index (χ3v) is 4.03. The topological polar surface area (TPSA) is 35.6 Å². The van der Waals surface area contributed by atoms with Crippen LogP contribution in [-0.2, 0) is 0 Å². The van der Waals surface area contributed by atoms with Gasteiger partial charge >= 0.3 is 6.03 Å². The first-order valence-corrected chi connectivity index (χ1v) is 6.40. The Labute approximate surface area is 98.0 Å². The fourth-order valence-corrected chi connectivity index (χ4v) is 2.71. The summed E-state index contributed by atoms with van der Waals surface area (Å²) in [5, 5.41) is 3.12. The minimum absolute atomic E-state index is 0.230. The van der Waals surface area contributed by atoms with Gasteiger partial charge in [-0.05, 0) is 38.8 Å². The van der Waals surface area contributed by atoms with E-state index >= 15 is 0 Å². The summed E-state index contributed by atoms with van der Waals surface area (Å²) < 4.78 is 0. The zero-order chi connectivity index (χ0) is 11.5. The minimum atomic E-state index is 0.230. The summed E-state index contributed by atoms with van der Waals surface area (Å²) >= 11 is 0. The number of carbonyl (C=O) groups excluding carboxylic acids is 1. The summed E-state index contributed by atoms with van der Waals surface area (Å²) in [6.07, 6.45) is 5.02. The summed E-state index contributed by atoms with van der Waals surface area (Å²) in [6, 6.07) is 0.712. The Morgan fingerprint density at radius 3 is 2.75 bits per heavy atom. The molecule has 1 aliphatic heterocycles. The van der Waals surface area contributed by atoms with E-state index in [1.165, 1.54) is 19.3 Å². The molecule has 1 N–H and O–H groups in total. The Balaban J connectivity index is 1.84. The van der Waals surface area contributed by atoms with E-state index < -0.39 is 0 Å². The summed E-state index contributed by atoms with van der Waals surface area (Å²) in [6.45, 7) is 2.83. The van der Waals surface area contributed by atoms with Crippen molar-refractivity contribution in [3.63, 3.8) is 0 Å². The van der Waals surface area contributed by atoms with Crippen molar-refractivity contribution < 1.29 is 4.79 Å². The third kappa shape index (κ3) is 2.17. The van der Waals surface area contributed by atoms with E-state index in [2.05, 4.69) is 5.32 Å². The summed E-state index contributed by atoms with van der Waals surface area (Å²) in [5.41, 5.74) is 0. The van der Waals surface area contributed by atoms with E-state index in [1.807, 2.05) is 23.9 Å². The van der Waals surface area contributed by atoms with Crippen LogP contribution in [0.15, 0.2) is 0 Å². The van der Waals surface area contributed by atoms with E-state index in [-0.39, 0.29) is 6.03 Å². The molecule has 4 nitrogen and oxygen atoms in total. The molecule has 92 valence electrons. The molecule has 2 fully saturated rings. The molecule has 1 aliphatic carbocycles. The van der Waals surface area contributed by atoms with E-state index in [4.69, 9.17) is 0 Å². The average Bonchev–Trinajstić information content (AvgIpc) is 2.45. The van der Waals surface area contributed by atoms with Crippen LogP contribution in [-0.4, -0.2) is 55.6 Å². The summed E-state index contributed by atoms with van der Waals surface area (Å²) in [7, 11) is 3.92. The van der Waals surface area contributed by atoms with E-state index in [0.717, 1.165) is 32.0 Å². The SMILES string of the molecule is CNCCCN1CC(C2CCC2)N(C)C1=O. The Kier molecular flexibility index (Phi) is 3.69. The van der Waals surface area contributed by atoms with E-state index in [0.29, 0.717) is 6.04 Å². The third-order valence-electron chi connectivity index (χ3n) is 4.03. The fraction of sp³-hybridized carbons (Fsp3) is 0.917. The van der Waals surface area contributed by atoms with Crippen molar-refractivity contribution in [2.45, 2.75) is 31.7 Å². The second kappa shape index (κ2) is 5.04. The molecule has 1 heterocycles. The Bertz CT molecular complexity index is 253. The van der Waals surface area contributed by atoms with Crippen LogP contribution in [0.5, 0.6) is 0 Å². The highest BCUT2D eigenvalue weighted by molar-refractivity contribution is 5.76. The van der Waals surface area contributed by atoms with Crippen molar-refractivity contribution in [1.29, 1.82) is 0 Å². The highest BCUT2D eigenvalue weighted by Crippen LogP contribution is 2.34. The van der Waals surface area contributed by atoms with Crippen LogP contribution in [0.25, 0.3) is 0 Å². The zero-order valence-corrected chi connectivity index (χ0v) is 10.4. The van der Waals surface area contributed by atoms with E-state index in [9.17, 15) is 4.79 Å². The van der Waals surface area contributed by atoms with Gasteiger partial charge in [0.1, 0.15) is 0 Å². The van der Waals surface area contributed by atoms with Gasteiger partial charge in [0, 0.05) is 20.1 Å². The Hall–Kier alpha value is -0.770. The fourth-order valence-electron chi connectivity index (χ4n) is 2.71. The van der Waals surface area contributed by atoms with Crippen LogP contribution < -0.4 is 5.32 Å². The molecule has 0 bridgehead atoms. The maximum atomic E-state index is 12.0. The number of rotatable bonds is 5. The lowest BCUT2D eigenvalue weighted by Gasteiger charge is -2.34. The normalized spacial score (nSPS) is 26.4. The zero-order valence-electron chi connectivity index (χ0n) is 10.4. The van der Waals surface area contributed by atoms with Crippen molar-refractivity contribution in [1.82, 2.24) is 15.1 Å². The van der Waals surface area contributed by atoms with Crippen molar-refractivity contribution in [2.24, 2.45) is 5.92 Å². The summed E-state index contributed by atoms with van der Waals surface area (Å²) in [5.74, 6) is 0.767. The molecule has 1 unspecified atom stereocenters. The number of hydrogen-bond donors (Lipinski definition) is 1. The van der Waals surface area contributed by atoms with Gasteiger partial charge in [0.25, 0.3) is 0 Å². The molecule has 0 spiro atoms. The van der Waals surface area contributed by atoms with E-state index in [1.54, 1.807) is 0 Å². The number of carbonyl (C=O) groups is 1. The van der Waals surface area contributed by atoms with Crippen LogP contribution in [0.4, 0.5) is 4.79 Å². The predicted octanol–water partition coefficient (Wildman–Crippen LogP) is 1.13. The van der Waals surface area contributed by atoms with Crippen LogP contribution in [0.2, 0.25) is 0 Å². The van der Waals surface area contributed by atoms with Gasteiger partial charge in [-0.25, -0.2) is 4.79 Å². The number of urea groups is 1. The molecule has 2 aliphatic rings. The molecule has 2 rings (SSSR count). The molecule has 0 aromatic heterocycles. The monoisotopic (exact) mass is 225 g/mol. The van der Waals surface area contributed by atoms with Crippen molar-refractivity contribution in [2.75, 3.05) is 33.7 Å². The van der Waals surface area contributed by atoms with Crippen molar-refractivity contribution in [3.8, 4) is 0 Å². The van der Waals surface area contributed by atoms with Gasteiger partial charge in [0.15, 0.2) is 0 Å². The first-order chi connectivity index (χ1) is 7.74. The molecule has 4 heteroatoms. The Morgan fingerprint density at radius 1 is 1.44 bits per heavy atom. The number of amides is 2. The van der Waals surface area contributed by atoms with Crippen LogP contribution in [0.3, 0.4) is 0 Å². The molecule has 0 aromatic rings. The van der Waals surface area contributed by atoms with Gasteiger partial charge < -0.3 is 15.1 Å². The number of nitrogens with one attached hydrogen (secondary N) is 1.